The zero-order valence-corrected chi connectivity index (χ0v) is 4.00. The van der Waals surface area contributed by atoms with E-state index in [0.717, 1.165) is 6.21 Å². The van der Waals surface area contributed by atoms with E-state index in [-0.39, 0.29) is 5.17 Å². The second-order valence-electron chi connectivity index (χ2n) is 0.667. The first-order chi connectivity index (χ1) is 3.31. The van der Waals surface area contributed by atoms with Crippen LogP contribution in [0.2, 0.25) is 0 Å². The van der Waals surface area contributed by atoms with E-state index < -0.39 is 0 Å². The van der Waals surface area contributed by atoms with Gasteiger partial charge in [-0.15, -0.1) is 0 Å². The van der Waals surface area contributed by atoms with Crippen molar-refractivity contribution >= 4 is 23.0 Å². The quantitative estimate of drug-likeness (QED) is 0.302. The number of halogens is 1. The van der Waals surface area contributed by atoms with E-state index in [9.17, 15) is 0 Å². The molecular formula is C2H3ClN2O2. The van der Waals surface area contributed by atoms with Gasteiger partial charge in [0.25, 0.3) is 0 Å². The van der Waals surface area contributed by atoms with E-state index in [1.54, 1.807) is 0 Å². The molecule has 0 amide bonds. The van der Waals surface area contributed by atoms with Gasteiger partial charge in [-0.2, -0.15) is 0 Å². The van der Waals surface area contributed by atoms with Crippen molar-refractivity contribution in [3.05, 3.63) is 0 Å². The molecule has 0 heterocycles. The number of hydrogen-bond donors (Lipinski definition) is 2. The van der Waals surface area contributed by atoms with E-state index >= 15 is 0 Å². The third-order valence-electron chi connectivity index (χ3n) is 0.260. The Morgan fingerprint density at radius 1 is 1.57 bits per heavy atom. The van der Waals surface area contributed by atoms with Gasteiger partial charge in [-0.3, -0.25) is 0 Å². The molecule has 40 valence electrons. The van der Waals surface area contributed by atoms with Gasteiger partial charge < -0.3 is 10.4 Å². The minimum atomic E-state index is -0.262. The summed E-state index contributed by atoms with van der Waals surface area (Å²) >= 11 is 4.96. The highest BCUT2D eigenvalue weighted by atomic mass is 35.5. The van der Waals surface area contributed by atoms with Gasteiger partial charge in [0, 0.05) is 0 Å². The molecule has 0 saturated heterocycles. The van der Waals surface area contributed by atoms with E-state index in [1.165, 1.54) is 0 Å². The van der Waals surface area contributed by atoms with E-state index in [1.807, 2.05) is 0 Å². The van der Waals surface area contributed by atoms with Crippen molar-refractivity contribution in [2.45, 2.75) is 0 Å². The topological polar surface area (TPSA) is 65.2 Å². The lowest BCUT2D eigenvalue weighted by molar-refractivity contribution is 0.317. The molecule has 0 aliphatic heterocycles. The maximum atomic E-state index is 7.72. The monoisotopic (exact) mass is 122 g/mol. The summed E-state index contributed by atoms with van der Waals surface area (Å²) in [5.74, 6) is 0. The van der Waals surface area contributed by atoms with Crippen LogP contribution in [0.25, 0.3) is 0 Å². The molecule has 0 bridgehead atoms. The van der Waals surface area contributed by atoms with Crippen LogP contribution in [0.1, 0.15) is 0 Å². The van der Waals surface area contributed by atoms with Gasteiger partial charge in [0.05, 0.1) is 0 Å². The van der Waals surface area contributed by atoms with Crippen LogP contribution in [0.15, 0.2) is 10.3 Å². The van der Waals surface area contributed by atoms with Crippen molar-refractivity contribution in [3.8, 4) is 0 Å². The average molecular weight is 123 g/mol. The van der Waals surface area contributed by atoms with Gasteiger partial charge in [-0.1, -0.05) is 21.9 Å². The summed E-state index contributed by atoms with van der Waals surface area (Å²) in [7, 11) is 0. The largest absolute Gasteiger partial charge is 0.411 e. The molecule has 4 nitrogen and oxygen atoms in total. The fourth-order valence-corrected chi connectivity index (χ4v) is 0.117. The molecule has 0 unspecified atom stereocenters. The molecule has 0 fully saturated rings. The summed E-state index contributed by atoms with van der Waals surface area (Å²) in [6.45, 7) is 0. The average Bonchev–Trinajstić information content (AvgIpc) is 1.68. The summed E-state index contributed by atoms with van der Waals surface area (Å²) in [4.78, 5) is 0. The highest BCUT2D eigenvalue weighted by molar-refractivity contribution is 6.79. The maximum absolute atomic E-state index is 7.72. The van der Waals surface area contributed by atoms with E-state index in [0.29, 0.717) is 0 Å². The predicted molar refractivity (Wildman–Crippen MR) is 25.4 cm³/mol. The molecule has 0 rings (SSSR count). The molecule has 0 aliphatic rings. The lowest BCUT2D eigenvalue weighted by Gasteiger charge is -1.74. The van der Waals surface area contributed by atoms with Gasteiger partial charge in [0.1, 0.15) is 6.21 Å². The minimum Gasteiger partial charge on any atom is -0.411 e. The normalized spacial score (nSPS) is 13.0. The molecule has 0 spiro atoms. The molecule has 0 aromatic heterocycles. The van der Waals surface area contributed by atoms with E-state index in [4.69, 9.17) is 22.0 Å². The van der Waals surface area contributed by atoms with Crippen molar-refractivity contribution in [2.75, 3.05) is 0 Å². The molecule has 7 heavy (non-hydrogen) atoms. The van der Waals surface area contributed by atoms with Crippen molar-refractivity contribution in [3.63, 3.8) is 0 Å². The summed E-state index contributed by atoms with van der Waals surface area (Å²) in [6, 6.07) is 0. The molecular weight excluding hydrogens is 119 g/mol. The predicted octanol–water partition coefficient (Wildman–Crippen LogP) is 0.473. The molecule has 0 aromatic carbocycles. The van der Waals surface area contributed by atoms with Crippen molar-refractivity contribution in [1.82, 2.24) is 0 Å². The molecule has 0 aromatic rings. The lowest BCUT2D eigenvalue weighted by Crippen LogP contribution is -1.85. The summed E-state index contributed by atoms with van der Waals surface area (Å²) in [6.07, 6.45) is 0.793. The first-order valence-corrected chi connectivity index (χ1v) is 1.74. The van der Waals surface area contributed by atoms with E-state index in [2.05, 4.69) is 10.3 Å². The third-order valence-corrected chi connectivity index (χ3v) is 0.433. The fourth-order valence-electron chi connectivity index (χ4n) is 0.0735. The van der Waals surface area contributed by atoms with Crippen molar-refractivity contribution in [2.24, 2.45) is 10.3 Å². The van der Waals surface area contributed by atoms with Crippen molar-refractivity contribution in [1.29, 1.82) is 0 Å². The Labute approximate surface area is 44.7 Å². The van der Waals surface area contributed by atoms with Crippen molar-refractivity contribution < 1.29 is 10.4 Å². The number of rotatable bonds is 1. The standard InChI is InChI=1S/C2H3ClN2O2/c3-2(5-7)1-4-6/h1,6-7H/b4-1-,5-2-. The van der Waals surface area contributed by atoms with Crippen LogP contribution >= 0.6 is 11.6 Å². The second-order valence-corrected chi connectivity index (χ2v) is 1.05. The van der Waals surface area contributed by atoms with Crippen LogP contribution in [0.5, 0.6) is 0 Å². The Morgan fingerprint density at radius 3 is 2.29 bits per heavy atom. The van der Waals surface area contributed by atoms with Crippen LogP contribution in [0, 0.1) is 0 Å². The van der Waals surface area contributed by atoms with Gasteiger partial charge in [0.2, 0.25) is 0 Å². The Kier molecular flexibility index (Phi) is 3.04. The SMILES string of the molecule is O/N=C\C(Cl)=N\O. The molecule has 5 heteroatoms. The van der Waals surface area contributed by atoms with Gasteiger partial charge in [-0.05, 0) is 0 Å². The Bertz CT molecular complexity index is 99.9. The second kappa shape index (κ2) is 3.42. The fraction of sp³-hybridized carbons (Fsp3) is 0. The van der Waals surface area contributed by atoms with Crippen LogP contribution in [0.3, 0.4) is 0 Å². The van der Waals surface area contributed by atoms with Gasteiger partial charge in [0.15, 0.2) is 5.17 Å². The van der Waals surface area contributed by atoms with Gasteiger partial charge in [-0.25, -0.2) is 0 Å². The smallest absolute Gasteiger partial charge is 0.189 e. The molecule has 0 radical (unpaired) electrons. The number of oxime groups is 2. The zero-order chi connectivity index (χ0) is 5.70. The van der Waals surface area contributed by atoms with Crippen LogP contribution in [-0.4, -0.2) is 21.8 Å². The Morgan fingerprint density at radius 2 is 2.14 bits per heavy atom. The number of nitrogens with zero attached hydrogens (tertiary/aromatic N) is 2. The summed E-state index contributed by atoms with van der Waals surface area (Å²) < 4.78 is 0. The lowest BCUT2D eigenvalue weighted by atomic mass is 10.8. The summed E-state index contributed by atoms with van der Waals surface area (Å²) in [5, 5.41) is 20.0. The maximum Gasteiger partial charge on any atom is 0.189 e. The van der Waals surface area contributed by atoms with Gasteiger partial charge >= 0.3 is 0 Å². The van der Waals surface area contributed by atoms with Crippen LogP contribution in [0.4, 0.5) is 0 Å². The highest BCUT2D eigenvalue weighted by Gasteiger charge is 1.81. The van der Waals surface area contributed by atoms with Crippen LogP contribution in [-0.2, 0) is 0 Å². The highest BCUT2D eigenvalue weighted by Crippen LogP contribution is 1.76. The molecule has 0 atom stereocenters. The minimum absolute atomic E-state index is 0.262. The first-order valence-electron chi connectivity index (χ1n) is 1.36. The summed E-state index contributed by atoms with van der Waals surface area (Å²) in [5.41, 5.74) is 0. The molecule has 0 saturated carbocycles. The van der Waals surface area contributed by atoms with Crippen LogP contribution < -0.4 is 0 Å². The molecule has 2 N–H and O–H groups in total. The molecule has 0 aliphatic carbocycles. The Hall–Kier alpha value is -0.770. The zero-order valence-electron chi connectivity index (χ0n) is 3.24. The third kappa shape index (κ3) is 3.05. The number of hydrogen-bond acceptors (Lipinski definition) is 4. The Balaban J connectivity index is 3.58. The first kappa shape index (κ1) is 6.23.